The summed E-state index contributed by atoms with van der Waals surface area (Å²) in [6.45, 7) is 16.0. The van der Waals surface area contributed by atoms with Gasteiger partial charge in [-0.2, -0.15) is 0 Å². The molecule has 6 heteroatoms. The van der Waals surface area contributed by atoms with Gasteiger partial charge in [0.05, 0.1) is 0 Å². The molecule has 1 aromatic carbocycles. The van der Waals surface area contributed by atoms with E-state index in [1.54, 1.807) is 6.07 Å². The van der Waals surface area contributed by atoms with E-state index in [-0.39, 0.29) is 12.1 Å². The Labute approximate surface area is 203 Å². The van der Waals surface area contributed by atoms with Crippen molar-refractivity contribution < 1.29 is 9.59 Å². The number of urea groups is 2. The summed E-state index contributed by atoms with van der Waals surface area (Å²) in [6, 6.07) is 5.14. The van der Waals surface area contributed by atoms with Crippen LogP contribution in [-0.2, 0) is 0 Å². The zero-order valence-corrected chi connectivity index (χ0v) is 22.3. The summed E-state index contributed by atoms with van der Waals surface area (Å²) in [5.41, 5.74) is 2.31. The lowest BCUT2D eigenvalue weighted by molar-refractivity contribution is 0.248. The van der Waals surface area contributed by atoms with Crippen molar-refractivity contribution in [3.05, 3.63) is 23.8 Å². The first-order valence-corrected chi connectivity index (χ1v) is 13.1. The summed E-state index contributed by atoms with van der Waals surface area (Å²) < 4.78 is 0. The SMILES string of the molecule is CC.CCCCC(CC)CNC(=O)Nc1ccc(C)c(NC(=O)NCC(CC)CCCC)c1. The van der Waals surface area contributed by atoms with E-state index in [0.717, 1.165) is 31.2 Å². The topological polar surface area (TPSA) is 82.3 Å². The van der Waals surface area contributed by atoms with Crippen LogP contribution in [0.1, 0.15) is 98.5 Å². The van der Waals surface area contributed by atoms with Gasteiger partial charge in [0.1, 0.15) is 0 Å². The minimum Gasteiger partial charge on any atom is -0.338 e. The number of nitrogens with one attached hydrogen (secondary N) is 4. The van der Waals surface area contributed by atoms with Gasteiger partial charge in [-0.05, 0) is 49.3 Å². The molecule has 2 unspecified atom stereocenters. The van der Waals surface area contributed by atoms with Crippen molar-refractivity contribution >= 4 is 23.4 Å². The van der Waals surface area contributed by atoms with Gasteiger partial charge in [0.15, 0.2) is 0 Å². The predicted octanol–water partition coefficient (Wildman–Crippen LogP) is 7.70. The normalized spacial score (nSPS) is 12.1. The summed E-state index contributed by atoms with van der Waals surface area (Å²) in [5, 5.41) is 11.8. The molecule has 0 aromatic heterocycles. The van der Waals surface area contributed by atoms with Gasteiger partial charge >= 0.3 is 12.1 Å². The van der Waals surface area contributed by atoms with Crippen molar-refractivity contribution in [2.24, 2.45) is 11.8 Å². The molecule has 0 spiro atoms. The molecular weight excluding hydrogens is 412 g/mol. The number of carbonyl (C=O) groups is 2. The Hall–Kier alpha value is -2.24. The monoisotopic (exact) mass is 462 g/mol. The van der Waals surface area contributed by atoms with E-state index in [4.69, 9.17) is 0 Å². The van der Waals surface area contributed by atoms with E-state index in [0.29, 0.717) is 36.3 Å². The molecule has 0 fully saturated rings. The Morgan fingerprint density at radius 3 is 1.73 bits per heavy atom. The number of anilines is 2. The highest BCUT2D eigenvalue weighted by atomic mass is 16.2. The molecular formula is C27H50N4O2. The van der Waals surface area contributed by atoms with Crippen molar-refractivity contribution in [1.29, 1.82) is 0 Å². The maximum Gasteiger partial charge on any atom is 0.319 e. The summed E-state index contributed by atoms with van der Waals surface area (Å²) in [6.07, 6.45) is 9.12. The first-order chi connectivity index (χ1) is 15.9. The molecule has 0 aliphatic heterocycles. The minimum absolute atomic E-state index is 0.207. The van der Waals surface area contributed by atoms with Gasteiger partial charge in [0.25, 0.3) is 0 Å². The molecule has 0 aliphatic carbocycles. The average molecular weight is 463 g/mol. The number of hydrogen-bond donors (Lipinski definition) is 4. The van der Waals surface area contributed by atoms with E-state index >= 15 is 0 Å². The number of carbonyl (C=O) groups excluding carboxylic acids is 2. The molecule has 0 saturated carbocycles. The molecule has 0 aliphatic rings. The van der Waals surface area contributed by atoms with Gasteiger partial charge in [-0.1, -0.05) is 86.1 Å². The lowest BCUT2D eigenvalue weighted by Crippen LogP contribution is -2.33. The molecule has 190 valence electrons. The predicted molar refractivity (Wildman–Crippen MR) is 143 cm³/mol. The first-order valence-electron chi connectivity index (χ1n) is 13.1. The second-order valence-corrected chi connectivity index (χ2v) is 8.53. The third-order valence-electron chi connectivity index (χ3n) is 5.93. The van der Waals surface area contributed by atoms with E-state index in [2.05, 4.69) is 49.0 Å². The number of benzene rings is 1. The van der Waals surface area contributed by atoms with E-state index in [1.165, 1.54) is 25.7 Å². The standard InChI is InChI=1S/C25H44N4O2.C2H6/c1-6-10-12-20(8-3)17-26-24(30)28-22-15-14-19(5)23(16-22)29-25(31)27-18-21(9-4)13-11-7-2;1-2/h14-16,20-21H,6-13,17-18H2,1-5H3,(H2,26,28,30)(H2,27,29,31);1-2H3. The maximum atomic E-state index is 12.4. The van der Waals surface area contributed by atoms with Crippen molar-refractivity contribution in [1.82, 2.24) is 10.6 Å². The summed E-state index contributed by atoms with van der Waals surface area (Å²) >= 11 is 0. The Morgan fingerprint density at radius 2 is 1.27 bits per heavy atom. The second kappa shape index (κ2) is 19.2. The Bertz CT molecular complexity index is 664. The second-order valence-electron chi connectivity index (χ2n) is 8.53. The first kappa shape index (κ1) is 30.8. The van der Waals surface area contributed by atoms with Crippen LogP contribution < -0.4 is 21.3 Å². The highest BCUT2D eigenvalue weighted by Crippen LogP contribution is 2.20. The Morgan fingerprint density at radius 1 is 0.788 bits per heavy atom. The molecule has 4 amide bonds. The van der Waals surface area contributed by atoms with Crippen molar-refractivity contribution in [2.75, 3.05) is 23.7 Å². The van der Waals surface area contributed by atoms with Gasteiger partial charge in [0.2, 0.25) is 0 Å². The van der Waals surface area contributed by atoms with Crippen LogP contribution >= 0.6 is 0 Å². The molecule has 1 rings (SSSR count). The maximum absolute atomic E-state index is 12.4. The van der Waals surface area contributed by atoms with Gasteiger partial charge in [0, 0.05) is 24.5 Å². The number of aryl methyl sites for hydroxylation is 1. The molecule has 1 aromatic rings. The molecule has 2 atom stereocenters. The molecule has 0 saturated heterocycles. The van der Waals surface area contributed by atoms with Crippen LogP contribution in [-0.4, -0.2) is 25.2 Å². The Balaban J connectivity index is 0.00000497. The van der Waals surface area contributed by atoms with Crippen LogP contribution in [0.25, 0.3) is 0 Å². The minimum atomic E-state index is -0.212. The van der Waals surface area contributed by atoms with Crippen LogP contribution in [0.5, 0.6) is 0 Å². The fourth-order valence-electron chi connectivity index (χ4n) is 3.54. The Kier molecular flexibility index (Phi) is 17.9. The number of unbranched alkanes of at least 4 members (excludes halogenated alkanes) is 2. The summed E-state index contributed by atoms with van der Waals surface area (Å²) in [5.74, 6) is 1.02. The number of hydrogen-bond acceptors (Lipinski definition) is 2. The lowest BCUT2D eigenvalue weighted by atomic mass is 9.99. The van der Waals surface area contributed by atoms with Gasteiger partial charge in [-0.15, -0.1) is 0 Å². The highest BCUT2D eigenvalue weighted by Gasteiger charge is 2.11. The molecule has 0 heterocycles. The van der Waals surface area contributed by atoms with Gasteiger partial charge in [-0.3, -0.25) is 0 Å². The van der Waals surface area contributed by atoms with E-state index < -0.39 is 0 Å². The largest absolute Gasteiger partial charge is 0.338 e. The van der Waals surface area contributed by atoms with Crippen LogP contribution in [0.4, 0.5) is 21.0 Å². The molecule has 0 radical (unpaired) electrons. The molecule has 0 bridgehead atoms. The van der Waals surface area contributed by atoms with Crippen LogP contribution in [0.3, 0.4) is 0 Å². The molecule has 33 heavy (non-hydrogen) atoms. The quantitative estimate of drug-likeness (QED) is 0.228. The number of rotatable bonds is 14. The molecule has 4 N–H and O–H groups in total. The summed E-state index contributed by atoms with van der Waals surface area (Å²) in [7, 11) is 0. The van der Waals surface area contributed by atoms with Gasteiger partial charge < -0.3 is 21.3 Å². The van der Waals surface area contributed by atoms with Crippen LogP contribution in [0.15, 0.2) is 18.2 Å². The molecule has 6 nitrogen and oxygen atoms in total. The third-order valence-corrected chi connectivity index (χ3v) is 5.93. The smallest absolute Gasteiger partial charge is 0.319 e. The zero-order chi connectivity index (χ0) is 25.1. The summed E-state index contributed by atoms with van der Waals surface area (Å²) in [4.78, 5) is 24.7. The third kappa shape index (κ3) is 13.8. The van der Waals surface area contributed by atoms with Gasteiger partial charge in [-0.25, -0.2) is 9.59 Å². The fraction of sp³-hybridized carbons (Fsp3) is 0.704. The van der Waals surface area contributed by atoms with E-state index in [9.17, 15) is 9.59 Å². The average Bonchev–Trinajstić information content (AvgIpc) is 2.82. The number of amides is 4. The lowest BCUT2D eigenvalue weighted by Gasteiger charge is -2.17. The van der Waals surface area contributed by atoms with Crippen LogP contribution in [0, 0.1) is 18.8 Å². The zero-order valence-electron chi connectivity index (χ0n) is 22.3. The van der Waals surface area contributed by atoms with E-state index in [1.807, 2.05) is 32.9 Å². The highest BCUT2D eigenvalue weighted by molar-refractivity contribution is 5.93. The van der Waals surface area contributed by atoms with Crippen molar-refractivity contribution in [3.63, 3.8) is 0 Å². The van der Waals surface area contributed by atoms with Crippen LogP contribution in [0.2, 0.25) is 0 Å². The van der Waals surface area contributed by atoms with Crippen molar-refractivity contribution in [3.8, 4) is 0 Å². The fourth-order valence-corrected chi connectivity index (χ4v) is 3.54. The van der Waals surface area contributed by atoms with Crippen molar-refractivity contribution in [2.45, 2.75) is 99.8 Å².